The number of hydrogen-bond acceptors (Lipinski definition) is 3. The summed E-state index contributed by atoms with van der Waals surface area (Å²) in [5.74, 6) is 1.58. The maximum absolute atomic E-state index is 12.8. The number of carbonyl (C=O) groups excluding carboxylic acids is 1. The van der Waals surface area contributed by atoms with Crippen LogP contribution in [0.15, 0.2) is 30.3 Å². The number of benzene rings is 1. The Morgan fingerprint density at radius 2 is 1.92 bits per heavy atom. The molecule has 4 nitrogen and oxygen atoms in total. The molecule has 2 saturated carbocycles. The third-order valence-electron chi connectivity index (χ3n) is 5.56. The molecule has 130 valence electrons. The fourth-order valence-corrected chi connectivity index (χ4v) is 4.05. The first-order chi connectivity index (χ1) is 11.8. The largest absolute Gasteiger partial charge is 0.381 e. The van der Waals surface area contributed by atoms with E-state index in [0.717, 1.165) is 44.1 Å². The minimum atomic E-state index is 0.202. The fraction of sp³-hybridized carbons (Fsp3) is 0.650. The highest BCUT2D eigenvalue weighted by Crippen LogP contribution is 2.35. The van der Waals surface area contributed by atoms with E-state index in [1.807, 2.05) is 30.3 Å². The Bertz CT molecular complexity index is 557. The average Bonchev–Trinajstić information content (AvgIpc) is 3.32. The zero-order chi connectivity index (χ0) is 16.4. The summed E-state index contributed by atoms with van der Waals surface area (Å²) in [7, 11) is 0. The quantitative estimate of drug-likeness (QED) is 0.805. The van der Waals surface area contributed by atoms with Crippen molar-refractivity contribution in [3.8, 4) is 0 Å². The zero-order valence-corrected chi connectivity index (χ0v) is 14.2. The van der Waals surface area contributed by atoms with E-state index >= 15 is 0 Å². The molecule has 1 aromatic rings. The molecular weight excluding hydrogens is 302 g/mol. The molecule has 3 atom stereocenters. The molecule has 2 aliphatic carbocycles. The van der Waals surface area contributed by atoms with Gasteiger partial charge >= 0.3 is 0 Å². The Morgan fingerprint density at radius 3 is 2.71 bits per heavy atom. The molecule has 3 aliphatic rings. The summed E-state index contributed by atoms with van der Waals surface area (Å²) in [5.41, 5.74) is 1.09. The summed E-state index contributed by atoms with van der Waals surface area (Å²) >= 11 is 0. The minimum absolute atomic E-state index is 0.202. The van der Waals surface area contributed by atoms with Crippen LogP contribution in [0.3, 0.4) is 0 Å². The van der Waals surface area contributed by atoms with Crippen LogP contribution in [-0.4, -0.2) is 49.3 Å². The van der Waals surface area contributed by atoms with E-state index in [2.05, 4.69) is 4.90 Å². The predicted molar refractivity (Wildman–Crippen MR) is 91.7 cm³/mol. The zero-order valence-electron chi connectivity index (χ0n) is 14.2. The number of amides is 1. The maximum Gasteiger partial charge on any atom is 0.227 e. The number of carbonyl (C=O) groups is 1. The van der Waals surface area contributed by atoms with Crippen molar-refractivity contribution in [2.75, 3.05) is 26.4 Å². The van der Waals surface area contributed by atoms with Gasteiger partial charge in [0.1, 0.15) is 0 Å². The molecule has 1 heterocycles. The average molecular weight is 329 g/mol. The lowest BCUT2D eigenvalue weighted by molar-refractivity contribution is -0.143. The van der Waals surface area contributed by atoms with E-state index in [1.165, 1.54) is 12.8 Å². The van der Waals surface area contributed by atoms with Gasteiger partial charge in [0, 0.05) is 19.8 Å². The van der Waals surface area contributed by atoms with Crippen molar-refractivity contribution in [3.63, 3.8) is 0 Å². The van der Waals surface area contributed by atoms with Crippen molar-refractivity contribution in [2.45, 2.75) is 44.2 Å². The summed E-state index contributed by atoms with van der Waals surface area (Å²) in [5, 5.41) is 0. The van der Waals surface area contributed by atoms with Crippen LogP contribution < -0.4 is 0 Å². The lowest BCUT2D eigenvalue weighted by atomic mass is 10.1. The van der Waals surface area contributed by atoms with Crippen LogP contribution in [0.1, 0.15) is 31.2 Å². The Balaban J connectivity index is 1.32. The summed E-state index contributed by atoms with van der Waals surface area (Å²) in [4.78, 5) is 14.8. The molecule has 1 aromatic carbocycles. The lowest BCUT2D eigenvalue weighted by Crippen LogP contribution is -2.51. The number of morpholine rings is 1. The van der Waals surface area contributed by atoms with Crippen molar-refractivity contribution >= 4 is 5.91 Å². The Labute approximate surface area is 144 Å². The first-order valence-corrected chi connectivity index (χ1v) is 9.32. The molecule has 1 saturated heterocycles. The third kappa shape index (κ3) is 3.81. The van der Waals surface area contributed by atoms with Crippen molar-refractivity contribution in [1.29, 1.82) is 0 Å². The van der Waals surface area contributed by atoms with Crippen LogP contribution >= 0.6 is 0 Å². The van der Waals surface area contributed by atoms with Crippen LogP contribution in [0.2, 0.25) is 0 Å². The van der Waals surface area contributed by atoms with Gasteiger partial charge in [-0.3, -0.25) is 4.79 Å². The van der Waals surface area contributed by atoms with Gasteiger partial charge in [-0.05, 0) is 43.1 Å². The van der Waals surface area contributed by atoms with Gasteiger partial charge in [-0.25, -0.2) is 0 Å². The topological polar surface area (TPSA) is 38.8 Å². The molecule has 4 heteroatoms. The van der Waals surface area contributed by atoms with Crippen LogP contribution in [0.4, 0.5) is 0 Å². The van der Waals surface area contributed by atoms with E-state index in [0.29, 0.717) is 18.9 Å². The van der Waals surface area contributed by atoms with Crippen molar-refractivity contribution in [3.05, 3.63) is 35.9 Å². The molecule has 0 bridgehead atoms. The van der Waals surface area contributed by atoms with Gasteiger partial charge < -0.3 is 14.4 Å². The normalized spacial score (nSPS) is 29.5. The first kappa shape index (κ1) is 16.1. The number of nitrogens with zero attached hydrogens (tertiary/aromatic N) is 1. The number of hydrogen-bond donors (Lipinski definition) is 0. The highest BCUT2D eigenvalue weighted by atomic mass is 16.5. The van der Waals surface area contributed by atoms with E-state index in [1.54, 1.807) is 0 Å². The monoisotopic (exact) mass is 329 g/mol. The van der Waals surface area contributed by atoms with Gasteiger partial charge in [-0.2, -0.15) is 0 Å². The Kier molecular flexibility index (Phi) is 4.86. The molecule has 1 amide bonds. The summed E-state index contributed by atoms with van der Waals surface area (Å²) in [6.07, 6.45) is 5.42. The molecule has 0 spiro atoms. The van der Waals surface area contributed by atoms with Gasteiger partial charge in [0.2, 0.25) is 5.91 Å². The van der Waals surface area contributed by atoms with Gasteiger partial charge in [-0.15, -0.1) is 0 Å². The Morgan fingerprint density at radius 1 is 1.12 bits per heavy atom. The van der Waals surface area contributed by atoms with Gasteiger partial charge in [-0.1, -0.05) is 30.3 Å². The van der Waals surface area contributed by atoms with E-state index in [9.17, 15) is 4.79 Å². The van der Waals surface area contributed by atoms with E-state index in [-0.39, 0.29) is 18.1 Å². The Hall–Kier alpha value is -1.39. The molecule has 3 fully saturated rings. The van der Waals surface area contributed by atoms with Crippen LogP contribution in [-0.2, 0) is 20.7 Å². The van der Waals surface area contributed by atoms with E-state index < -0.39 is 0 Å². The van der Waals surface area contributed by atoms with Crippen LogP contribution in [0, 0.1) is 11.8 Å². The van der Waals surface area contributed by atoms with Crippen LogP contribution in [0.25, 0.3) is 0 Å². The summed E-state index contributed by atoms with van der Waals surface area (Å²) in [6, 6.07) is 10.3. The number of rotatable bonds is 6. The van der Waals surface area contributed by atoms with Crippen molar-refractivity contribution < 1.29 is 14.3 Å². The molecule has 4 rings (SSSR count). The summed E-state index contributed by atoms with van der Waals surface area (Å²) in [6.45, 7) is 3.14. The van der Waals surface area contributed by atoms with Crippen molar-refractivity contribution in [2.24, 2.45) is 11.8 Å². The molecule has 3 unspecified atom stereocenters. The smallest absolute Gasteiger partial charge is 0.227 e. The van der Waals surface area contributed by atoms with Crippen molar-refractivity contribution in [1.82, 2.24) is 4.90 Å². The maximum atomic E-state index is 12.8. The van der Waals surface area contributed by atoms with Crippen LogP contribution in [0.5, 0.6) is 0 Å². The second-order valence-electron chi connectivity index (χ2n) is 7.54. The SMILES string of the molecule is O=C(Cc1ccccc1)N1CCOC2CC(COCC3CC3)CC21. The lowest BCUT2D eigenvalue weighted by Gasteiger charge is -2.37. The molecule has 1 aliphatic heterocycles. The fourth-order valence-electron chi connectivity index (χ4n) is 4.05. The van der Waals surface area contributed by atoms with Gasteiger partial charge in [0.05, 0.1) is 25.2 Å². The van der Waals surface area contributed by atoms with Gasteiger partial charge in [0.15, 0.2) is 0 Å². The minimum Gasteiger partial charge on any atom is -0.381 e. The molecular formula is C20H27NO3. The van der Waals surface area contributed by atoms with E-state index in [4.69, 9.17) is 9.47 Å². The second kappa shape index (κ2) is 7.24. The number of ether oxygens (including phenoxy) is 2. The second-order valence-corrected chi connectivity index (χ2v) is 7.54. The number of fused-ring (bicyclic) bond motifs is 1. The van der Waals surface area contributed by atoms with Gasteiger partial charge in [0.25, 0.3) is 0 Å². The predicted octanol–water partition coefficient (Wildman–Crippen LogP) is 2.66. The first-order valence-electron chi connectivity index (χ1n) is 9.32. The molecule has 0 N–H and O–H groups in total. The molecule has 24 heavy (non-hydrogen) atoms. The summed E-state index contributed by atoms with van der Waals surface area (Å²) < 4.78 is 11.8. The third-order valence-corrected chi connectivity index (χ3v) is 5.56. The highest BCUT2D eigenvalue weighted by Gasteiger charge is 2.42. The molecule has 0 aromatic heterocycles. The standard InChI is InChI=1S/C20H27NO3/c22-20(12-15-4-2-1-3-5-15)21-8-9-24-19-11-17(10-18(19)21)14-23-13-16-6-7-16/h1-5,16-19H,6-14H2. The molecule has 0 radical (unpaired) electrons. The highest BCUT2D eigenvalue weighted by molar-refractivity contribution is 5.79.